The van der Waals surface area contributed by atoms with Crippen molar-refractivity contribution in [2.24, 2.45) is 11.8 Å². The van der Waals surface area contributed by atoms with Gasteiger partial charge in [-0.3, -0.25) is 9.59 Å². The average molecular weight is 446 g/mol. The number of carbonyl (C=O) groups excluding carboxylic acids is 2. The van der Waals surface area contributed by atoms with Crippen LogP contribution < -0.4 is 24.4 Å². The number of nitrogens with one attached hydrogen (secondary N) is 1. The molecule has 3 aliphatic rings. The van der Waals surface area contributed by atoms with Crippen LogP contribution in [0.4, 0.5) is 5.69 Å². The molecule has 0 bridgehead atoms. The number of amides is 2. The summed E-state index contributed by atoms with van der Waals surface area (Å²) in [6, 6.07) is 4.09. The molecular weight excluding hydrogens is 410 g/mol. The molecule has 1 N–H and O–H groups in total. The highest BCUT2D eigenvalue weighted by molar-refractivity contribution is 6.00. The molecule has 0 saturated carbocycles. The maximum absolute atomic E-state index is 12.9. The van der Waals surface area contributed by atoms with Crippen molar-refractivity contribution in [1.29, 1.82) is 0 Å². The van der Waals surface area contributed by atoms with E-state index in [1.165, 1.54) is 45.2 Å². The van der Waals surface area contributed by atoms with Gasteiger partial charge in [0.15, 0.2) is 11.5 Å². The number of rotatable bonds is 7. The average Bonchev–Trinajstić information content (AvgIpc) is 3.23. The van der Waals surface area contributed by atoms with Crippen LogP contribution in [-0.4, -0.2) is 70.3 Å². The van der Waals surface area contributed by atoms with E-state index in [0.29, 0.717) is 48.0 Å². The third-order valence-electron chi connectivity index (χ3n) is 7.22. The Balaban J connectivity index is 1.39. The Labute approximate surface area is 190 Å². The maximum atomic E-state index is 12.9. The van der Waals surface area contributed by atoms with Gasteiger partial charge in [-0.15, -0.1) is 0 Å². The first-order valence-electron chi connectivity index (χ1n) is 11.7. The first-order chi connectivity index (χ1) is 15.5. The Morgan fingerprint density at radius 3 is 2.44 bits per heavy atom. The molecule has 32 heavy (non-hydrogen) atoms. The van der Waals surface area contributed by atoms with E-state index in [4.69, 9.17) is 14.2 Å². The zero-order chi connectivity index (χ0) is 22.7. The summed E-state index contributed by atoms with van der Waals surface area (Å²) in [5.41, 5.74) is 0.643. The monoisotopic (exact) mass is 445 g/mol. The van der Waals surface area contributed by atoms with Gasteiger partial charge in [-0.25, -0.2) is 0 Å². The Hall–Kier alpha value is -2.48. The van der Waals surface area contributed by atoms with Crippen molar-refractivity contribution in [2.45, 2.75) is 44.6 Å². The van der Waals surface area contributed by atoms with Crippen molar-refractivity contribution in [3.63, 3.8) is 0 Å². The fourth-order valence-corrected chi connectivity index (χ4v) is 5.55. The molecule has 3 fully saturated rings. The van der Waals surface area contributed by atoms with Gasteiger partial charge in [-0.1, -0.05) is 6.42 Å². The lowest BCUT2D eigenvalue weighted by molar-refractivity contribution is -0.126. The molecule has 4 rings (SSSR count). The minimum Gasteiger partial charge on any atom is -0.493 e. The van der Waals surface area contributed by atoms with E-state index < -0.39 is 0 Å². The summed E-state index contributed by atoms with van der Waals surface area (Å²) in [7, 11) is 4.63. The van der Waals surface area contributed by atoms with Crippen molar-refractivity contribution in [3.05, 3.63) is 12.1 Å². The molecule has 3 heterocycles. The SMILES string of the molecule is COc1cc(N2C[C@@H](C(=O)NC[C@H]3CCCN4CCCC[C@H]34)CC2=O)cc(OC)c1OC. The molecule has 3 atom stereocenters. The molecule has 1 aromatic carbocycles. The summed E-state index contributed by atoms with van der Waals surface area (Å²) in [5.74, 6) is 1.50. The molecule has 8 heteroatoms. The van der Waals surface area contributed by atoms with Crippen molar-refractivity contribution >= 4 is 17.5 Å². The minimum absolute atomic E-state index is 0.0266. The number of anilines is 1. The number of ether oxygens (including phenoxy) is 3. The summed E-state index contributed by atoms with van der Waals surface area (Å²) < 4.78 is 16.2. The zero-order valence-electron chi connectivity index (χ0n) is 19.4. The summed E-state index contributed by atoms with van der Waals surface area (Å²) >= 11 is 0. The normalized spacial score (nSPS) is 25.9. The molecule has 2 amide bonds. The van der Waals surface area contributed by atoms with Crippen molar-refractivity contribution in [2.75, 3.05) is 52.4 Å². The van der Waals surface area contributed by atoms with Gasteiger partial charge in [0.25, 0.3) is 0 Å². The first-order valence-corrected chi connectivity index (χ1v) is 11.7. The Kier molecular flexibility index (Phi) is 7.08. The lowest BCUT2D eigenvalue weighted by Gasteiger charge is -2.44. The fraction of sp³-hybridized carbons (Fsp3) is 0.667. The van der Waals surface area contributed by atoms with Gasteiger partial charge in [0.2, 0.25) is 17.6 Å². The summed E-state index contributed by atoms with van der Waals surface area (Å²) in [4.78, 5) is 30.0. The highest BCUT2D eigenvalue weighted by Crippen LogP contribution is 2.42. The van der Waals surface area contributed by atoms with Crippen molar-refractivity contribution in [3.8, 4) is 17.2 Å². The lowest BCUT2D eigenvalue weighted by atomic mass is 9.83. The quantitative estimate of drug-likeness (QED) is 0.695. The fourth-order valence-electron chi connectivity index (χ4n) is 5.55. The summed E-state index contributed by atoms with van der Waals surface area (Å²) in [6.07, 6.45) is 6.39. The molecule has 0 unspecified atom stereocenters. The molecule has 3 saturated heterocycles. The predicted octanol–water partition coefficient (Wildman–Crippen LogP) is 2.45. The predicted molar refractivity (Wildman–Crippen MR) is 122 cm³/mol. The van der Waals surface area contributed by atoms with Gasteiger partial charge in [0, 0.05) is 37.7 Å². The molecule has 0 spiro atoms. The second kappa shape index (κ2) is 9.98. The van der Waals surface area contributed by atoms with Crippen LogP contribution in [0.25, 0.3) is 0 Å². The van der Waals surface area contributed by atoms with Crippen LogP contribution in [0.2, 0.25) is 0 Å². The highest BCUT2D eigenvalue weighted by Gasteiger charge is 2.37. The number of methoxy groups -OCH3 is 3. The standard InChI is InChI=1S/C24H35N3O5/c1-30-20-12-18(13-21(31-2)23(20)32-3)27-15-17(11-22(27)28)24(29)25-14-16-7-6-10-26-9-5-4-8-19(16)26/h12-13,16-17,19H,4-11,14-15H2,1-3H3,(H,25,29)/t16-,17+,19-/m1/s1. The summed E-state index contributed by atoms with van der Waals surface area (Å²) in [6.45, 7) is 3.43. The molecule has 0 radical (unpaired) electrons. The molecule has 0 aromatic heterocycles. The van der Waals surface area contributed by atoms with Crippen molar-refractivity contribution < 1.29 is 23.8 Å². The zero-order valence-corrected chi connectivity index (χ0v) is 19.4. The third kappa shape index (κ3) is 4.51. The number of hydrogen-bond acceptors (Lipinski definition) is 6. The van der Waals surface area contributed by atoms with E-state index in [-0.39, 0.29) is 24.2 Å². The number of carbonyl (C=O) groups is 2. The second-order valence-electron chi connectivity index (χ2n) is 9.04. The van der Waals surface area contributed by atoms with E-state index in [1.54, 1.807) is 38.4 Å². The minimum atomic E-state index is -0.354. The molecule has 0 aliphatic carbocycles. The van der Waals surface area contributed by atoms with Gasteiger partial charge >= 0.3 is 0 Å². The molecular formula is C24H35N3O5. The summed E-state index contributed by atoms with van der Waals surface area (Å²) in [5, 5.41) is 3.17. The van der Waals surface area contributed by atoms with E-state index in [0.717, 1.165) is 0 Å². The number of hydrogen-bond donors (Lipinski definition) is 1. The van der Waals surface area contributed by atoms with E-state index >= 15 is 0 Å². The van der Waals surface area contributed by atoms with Gasteiger partial charge in [-0.05, 0) is 44.7 Å². The number of nitrogens with zero attached hydrogens (tertiary/aromatic N) is 2. The number of benzene rings is 1. The van der Waals surface area contributed by atoms with E-state index in [9.17, 15) is 9.59 Å². The van der Waals surface area contributed by atoms with Gasteiger partial charge < -0.3 is 29.3 Å². The first kappa shape index (κ1) is 22.7. The number of fused-ring (bicyclic) bond motifs is 1. The van der Waals surface area contributed by atoms with Gasteiger partial charge in [-0.2, -0.15) is 0 Å². The van der Waals surface area contributed by atoms with Crippen molar-refractivity contribution in [1.82, 2.24) is 10.2 Å². The van der Waals surface area contributed by atoms with Crippen LogP contribution in [0.1, 0.15) is 38.5 Å². The lowest BCUT2D eigenvalue weighted by Crippen LogP contribution is -2.51. The Morgan fingerprint density at radius 2 is 1.75 bits per heavy atom. The van der Waals surface area contributed by atoms with E-state index in [1.807, 2.05) is 0 Å². The molecule has 8 nitrogen and oxygen atoms in total. The second-order valence-corrected chi connectivity index (χ2v) is 9.04. The molecule has 1 aromatic rings. The molecule has 176 valence electrons. The largest absolute Gasteiger partial charge is 0.493 e. The topological polar surface area (TPSA) is 80.3 Å². The van der Waals surface area contributed by atoms with Crippen LogP contribution in [0.3, 0.4) is 0 Å². The van der Waals surface area contributed by atoms with Crippen LogP contribution in [0, 0.1) is 11.8 Å². The van der Waals surface area contributed by atoms with Crippen LogP contribution in [0.5, 0.6) is 17.2 Å². The highest BCUT2D eigenvalue weighted by atomic mass is 16.5. The number of piperidine rings is 2. The van der Waals surface area contributed by atoms with Gasteiger partial charge in [0.05, 0.1) is 32.9 Å². The molecule has 3 aliphatic heterocycles. The van der Waals surface area contributed by atoms with Gasteiger partial charge in [0.1, 0.15) is 0 Å². The Morgan fingerprint density at radius 1 is 1.03 bits per heavy atom. The van der Waals surface area contributed by atoms with Crippen LogP contribution in [0.15, 0.2) is 12.1 Å². The van der Waals surface area contributed by atoms with Crippen LogP contribution in [-0.2, 0) is 9.59 Å². The maximum Gasteiger partial charge on any atom is 0.227 e. The van der Waals surface area contributed by atoms with Crippen LogP contribution >= 0.6 is 0 Å². The van der Waals surface area contributed by atoms with E-state index in [2.05, 4.69) is 10.2 Å². The smallest absolute Gasteiger partial charge is 0.227 e. The Bertz CT molecular complexity index is 818. The third-order valence-corrected chi connectivity index (χ3v) is 7.22.